The predicted molar refractivity (Wildman–Crippen MR) is 83.4 cm³/mol. The first-order valence-electron chi connectivity index (χ1n) is 6.21. The normalized spacial score (nSPS) is 10.7. The third-order valence-corrected chi connectivity index (χ3v) is 4.56. The van der Waals surface area contributed by atoms with Crippen LogP contribution in [-0.4, -0.2) is 12.3 Å². The molecule has 0 saturated carbocycles. The second kappa shape index (κ2) is 7.62. The lowest BCUT2D eigenvalue weighted by Crippen LogP contribution is -2.15. The van der Waals surface area contributed by atoms with Crippen molar-refractivity contribution >= 4 is 23.1 Å². The summed E-state index contributed by atoms with van der Waals surface area (Å²) in [5, 5.41) is 5.60. The number of benzene rings is 1. The van der Waals surface area contributed by atoms with Crippen LogP contribution in [0.4, 0.5) is 0 Å². The van der Waals surface area contributed by atoms with Crippen molar-refractivity contribution in [3.63, 3.8) is 0 Å². The van der Waals surface area contributed by atoms with Gasteiger partial charge < -0.3 is 5.32 Å². The molecule has 0 amide bonds. The van der Waals surface area contributed by atoms with E-state index in [9.17, 15) is 0 Å². The molecule has 1 aromatic carbocycles. The van der Waals surface area contributed by atoms with Crippen LogP contribution in [0, 0.1) is 6.92 Å². The van der Waals surface area contributed by atoms with Crippen molar-refractivity contribution in [3.05, 3.63) is 57.8 Å². The molecule has 1 N–H and O–H groups in total. The van der Waals surface area contributed by atoms with Gasteiger partial charge in [-0.2, -0.15) is 11.8 Å². The van der Waals surface area contributed by atoms with Gasteiger partial charge in [0.2, 0.25) is 0 Å². The third-order valence-electron chi connectivity index (χ3n) is 2.65. The Hall–Kier alpha value is -0.770. The van der Waals surface area contributed by atoms with Gasteiger partial charge in [0.25, 0.3) is 0 Å². The lowest BCUT2D eigenvalue weighted by atomic mass is 10.2. The highest BCUT2D eigenvalue weighted by atomic mass is 32.2. The van der Waals surface area contributed by atoms with Crippen molar-refractivity contribution in [2.45, 2.75) is 19.2 Å². The van der Waals surface area contributed by atoms with Gasteiger partial charge in [0.15, 0.2) is 0 Å². The van der Waals surface area contributed by atoms with Gasteiger partial charge in [0, 0.05) is 29.5 Å². The average Bonchev–Trinajstić information content (AvgIpc) is 2.87. The van der Waals surface area contributed by atoms with Crippen molar-refractivity contribution in [2.75, 3.05) is 12.3 Å². The Bertz CT molecular complexity index is 451. The van der Waals surface area contributed by atoms with Crippen molar-refractivity contribution in [2.24, 2.45) is 0 Å². The summed E-state index contributed by atoms with van der Waals surface area (Å²) in [5.41, 5.74) is 2.78. The maximum Gasteiger partial charge on any atom is 0.0300 e. The Morgan fingerprint density at radius 1 is 1.22 bits per heavy atom. The molecule has 2 aromatic rings. The molecule has 1 heterocycles. The fourth-order valence-corrected chi connectivity index (χ4v) is 3.28. The van der Waals surface area contributed by atoms with Crippen molar-refractivity contribution in [1.29, 1.82) is 0 Å². The topological polar surface area (TPSA) is 12.0 Å². The zero-order chi connectivity index (χ0) is 12.6. The largest absolute Gasteiger partial charge is 0.311 e. The highest BCUT2D eigenvalue weighted by molar-refractivity contribution is 7.98. The molecule has 1 aromatic heterocycles. The van der Waals surface area contributed by atoms with Gasteiger partial charge in [0.1, 0.15) is 0 Å². The van der Waals surface area contributed by atoms with E-state index in [1.165, 1.54) is 21.8 Å². The Labute approximate surface area is 118 Å². The van der Waals surface area contributed by atoms with Crippen LogP contribution in [0.5, 0.6) is 0 Å². The molecule has 0 aliphatic carbocycles. The quantitative estimate of drug-likeness (QED) is 0.765. The van der Waals surface area contributed by atoms with Crippen LogP contribution in [-0.2, 0) is 12.3 Å². The summed E-state index contributed by atoms with van der Waals surface area (Å²) in [4.78, 5) is 1.42. The van der Waals surface area contributed by atoms with Crippen LogP contribution >= 0.6 is 23.1 Å². The maximum absolute atomic E-state index is 3.48. The molecule has 18 heavy (non-hydrogen) atoms. The summed E-state index contributed by atoms with van der Waals surface area (Å²) < 4.78 is 0. The van der Waals surface area contributed by atoms with E-state index < -0.39 is 0 Å². The molecule has 0 aliphatic heterocycles. The van der Waals surface area contributed by atoms with E-state index in [0.717, 1.165) is 18.8 Å². The first kappa shape index (κ1) is 13.7. The van der Waals surface area contributed by atoms with Crippen LogP contribution in [0.25, 0.3) is 0 Å². The first-order chi connectivity index (χ1) is 8.84. The number of thioether (sulfide) groups is 1. The van der Waals surface area contributed by atoms with Gasteiger partial charge in [-0.05, 0) is 23.9 Å². The van der Waals surface area contributed by atoms with Crippen LogP contribution in [0.15, 0.2) is 41.8 Å². The summed E-state index contributed by atoms with van der Waals surface area (Å²) in [7, 11) is 0. The van der Waals surface area contributed by atoms with Gasteiger partial charge in [-0.3, -0.25) is 0 Å². The minimum Gasteiger partial charge on any atom is -0.311 e. The second-order valence-electron chi connectivity index (χ2n) is 4.30. The molecule has 3 heteroatoms. The highest BCUT2D eigenvalue weighted by Crippen LogP contribution is 2.13. The van der Waals surface area contributed by atoms with Crippen LogP contribution in [0.3, 0.4) is 0 Å². The number of nitrogens with one attached hydrogen (secondary N) is 1. The molecule has 0 saturated heterocycles. The van der Waals surface area contributed by atoms with Crippen LogP contribution in [0.2, 0.25) is 0 Å². The molecule has 2 rings (SSSR count). The molecule has 0 fully saturated rings. The van der Waals surface area contributed by atoms with Crippen molar-refractivity contribution < 1.29 is 0 Å². The number of rotatable bonds is 7. The van der Waals surface area contributed by atoms with Gasteiger partial charge in [-0.25, -0.2) is 0 Å². The Kier molecular flexibility index (Phi) is 5.78. The molecule has 0 spiro atoms. The average molecular weight is 277 g/mol. The Morgan fingerprint density at radius 3 is 2.94 bits per heavy atom. The summed E-state index contributed by atoms with van der Waals surface area (Å²) in [6.07, 6.45) is 0. The second-order valence-corrected chi connectivity index (χ2v) is 6.44. The summed E-state index contributed by atoms with van der Waals surface area (Å²) >= 11 is 3.81. The standard InChI is InChI=1S/C15H19NS2/c1-13-4-2-5-14(10-13)12-17-9-7-16-11-15-6-3-8-18-15/h2-6,8,10,16H,7,9,11-12H2,1H3. The number of hydrogen-bond donors (Lipinski definition) is 1. The minimum absolute atomic E-state index is 1.00. The number of aryl methyl sites for hydroxylation is 1. The highest BCUT2D eigenvalue weighted by Gasteiger charge is 1.95. The van der Waals surface area contributed by atoms with Gasteiger partial charge in [-0.1, -0.05) is 35.9 Å². The first-order valence-corrected chi connectivity index (χ1v) is 8.24. The Balaban J connectivity index is 1.56. The minimum atomic E-state index is 1.00. The van der Waals surface area contributed by atoms with Gasteiger partial charge in [0.05, 0.1) is 0 Å². The fourth-order valence-electron chi connectivity index (χ4n) is 1.76. The third kappa shape index (κ3) is 4.84. The van der Waals surface area contributed by atoms with E-state index in [-0.39, 0.29) is 0 Å². The van der Waals surface area contributed by atoms with Crippen molar-refractivity contribution in [3.8, 4) is 0 Å². The molecular formula is C15H19NS2. The number of thiophene rings is 1. The van der Waals surface area contributed by atoms with Crippen molar-refractivity contribution in [1.82, 2.24) is 5.32 Å². The maximum atomic E-state index is 3.48. The van der Waals surface area contributed by atoms with Crippen LogP contribution in [0.1, 0.15) is 16.0 Å². The van der Waals surface area contributed by atoms with E-state index in [1.54, 1.807) is 0 Å². The SMILES string of the molecule is Cc1cccc(CSCCNCc2cccs2)c1. The van der Waals surface area contributed by atoms with E-state index >= 15 is 0 Å². The number of hydrogen-bond acceptors (Lipinski definition) is 3. The van der Waals surface area contributed by atoms with E-state index in [1.807, 2.05) is 23.1 Å². The summed E-state index contributed by atoms with van der Waals surface area (Å²) in [5.74, 6) is 2.28. The lowest BCUT2D eigenvalue weighted by molar-refractivity contribution is 0.741. The van der Waals surface area contributed by atoms with E-state index in [4.69, 9.17) is 0 Å². The smallest absolute Gasteiger partial charge is 0.0300 e. The molecule has 0 unspecified atom stereocenters. The van der Waals surface area contributed by atoms with E-state index in [0.29, 0.717) is 0 Å². The summed E-state index contributed by atoms with van der Waals surface area (Å²) in [6.45, 7) is 4.23. The van der Waals surface area contributed by atoms with E-state index in [2.05, 4.69) is 54.0 Å². The molecule has 0 atom stereocenters. The van der Waals surface area contributed by atoms with Crippen LogP contribution < -0.4 is 5.32 Å². The zero-order valence-corrected chi connectivity index (χ0v) is 12.3. The Morgan fingerprint density at radius 2 is 2.17 bits per heavy atom. The summed E-state index contributed by atoms with van der Waals surface area (Å²) in [6, 6.07) is 13.0. The molecule has 96 valence electrons. The molecule has 0 bridgehead atoms. The predicted octanol–water partition coefficient (Wildman–Crippen LogP) is 4.08. The molecule has 1 nitrogen and oxygen atoms in total. The monoisotopic (exact) mass is 277 g/mol. The fraction of sp³-hybridized carbons (Fsp3) is 0.333. The van der Waals surface area contributed by atoms with Gasteiger partial charge >= 0.3 is 0 Å². The molecular weight excluding hydrogens is 258 g/mol. The zero-order valence-electron chi connectivity index (χ0n) is 10.7. The lowest BCUT2D eigenvalue weighted by Gasteiger charge is -2.04. The molecule has 0 aliphatic rings. The molecule has 0 radical (unpaired) electrons. The van der Waals surface area contributed by atoms with Gasteiger partial charge in [-0.15, -0.1) is 11.3 Å².